The Bertz CT molecular complexity index is 571. The van der Waals surface area contributed by atoms with Gasteiger partial charge in [-0.3, -0.25) is 4.79 Å². The number of aryl methyl sites for hydroxylation is 1. The third-order valence-electron chi connectivity index (χ3n) is 3.55. The van der Waals surface area contributed by atoms with Gasteiger partial charge < -0.3 is 15.4 Å². The number of aromatic nitrogens is 1. The molecule has 1 aromatic heterocycles. The number of benzene rings is 1. The Morgan fingerprint density at radius 2 is 2.16 bits per heavy atom. The molecule has 1 heterocycles. The second kappa shape index (κ2) is 5.89. The summed E-state index contributed by atoms with van der Waals surface area (Å²) in [4.78, 5) is 15.2. The zero-order valence-electron chi connectivity index (χ0n) is 11.4. The molecule has 1 aromatic carbocycles. The molecule has 0 saturated heterocycles. The lowest BCUT2D eigenvalue weighted by molar-refractivity contribution is -0.126. The number of aliphatic hydroxyl groups is 1. The van der Waals surface area contributed by atoms with Crippen LogP contribution in [0, 0.1) is 12.8 Å². The highest BCUT2D eigenvalue weighted by Crippen LogP contribution is 2.21. The number of H-pyrrole nitrogens is 1. The van der Waals surface area contributed by atoms with E-state index in [1.54, 1.807) is 0 Å². The number of rotatable bonds is 5. The highest BCUT2D eigenvalue weighted by molar-refractivity contribution is 5.85. The summed E-state index contributed by atoms with van der Waals surface area (Å²) < 4.78 is 0. The van der Waals surface area contributed by atoms with E-state index in [9.17, 15) is 4.79 Å². The largest absolute Gasteiger partial charge is 0.396 e. The van der Waals surface area contributed by atoms with Crippen molar-refractivity contribution < 1.29 is 9.90 Å². The van der Waals surface area contributed by atoms with E-state index in [4.69, 9.17) is 5.11 Å². The van der Waals surface area contributed by atoms with Crippen LogP contribution in [0.1, 0.15) is 24.6 Å². The van der Waals surface area contributed by atoms with Crippen molar-refractivity contribution in [3.05, 3.63) is 35.5 Å². The van der Waals surface area contributed by atoms with Gasteiger partial charge in [-0.2, -0.15) is 0 Å². The molecular weight excluding hydrogens is 240 g/mol. The number of nitrogens with one attached hydrogen (secondary N) is 2. The first-order chi connectivity index (χ1) is 9.17. The molecule has 1 atom stereocenters. The lowest BCUT2D eigenvalue weighted by Crippen LogP contribution is -2.32. The third-order valence-corrected chi connectivity index (χ3v) is 3.55. The SMILES string of the molecule is CCC(CO)C(=O)NCc1c(C)[nH]c2ccccc12. The fraction of sp³-hybridized carbons (Fsp3) is 0.400. The number of carbonyl (C=O) groups excluding carboxylic acids is 1. The molecule has 0 saturated carbocycles. The van der Waals surface area contributed by atoms with Crippen LogP contribution >= 0.6 is 0 Å². The Balaban J connectivity index is 2.14. The van der Waals surface area contributed by atoms with Crippen LogP contribution in [-0.2, 0) is 11.3 Å². The number of carbonyl (C=O) groups is 1. The fourth-order valence-electron chi connectivity index (χ4n) is 2.28. The molecule has 3 N–H and O–H groups in total. The van der Waals surface area contributed by atoms with Gasteiger partial charge in [0.1, 0.15) is 0 Å². The second-order valence-electron chi connectivity index (χ2n) is 4.78. The van der Waals surface area contributed by atoms with Crippen LogP contribution in [0.2, 0.25) is 0 Å². The first-order valence-corrected chi connectivity index (χ1v) is 6.62. The highest BCUT2D eigenvalue weighted by Gasteiger charge is 2.16. The van der Waals surface area contributed by atoms with Gasteiger partial charge in [-0.25, -0.2) is 0 Å². The quantitative estimate of drug-likeness (QED) is 0.771. The molecule has 1 unspecified atom stereocenters. The molecule has 0 aliphatic carbocycles. The lowest BCUT2D eigenvalue weighted by Gasteiger charge is -2.12. The minimum atomic E-state index is -0.314. The van der Waals surface area contributed by atoms with Gasteiger partial charge in [0, 0.05) is 23.1 Å². The van der Waals surface area contributed by atoms with Crippen molar-refractivity contribution in [3.63, 3.8) is 0 Å². The minimum Gasteiger partial charge on any atom is -0.396 e. The molecule has 4 nitrogen and oxygen atoms in total. The maximum Gasteiger partial charge on any atom is 0.225 e. The summed E-state index contributed by atoms with van der Waals surface area (Å²) in [6.07, 6.45) is 0.648. The average molecular weight is 260 g/mol. The first-order valence-electron chi connectivity index (χ1n) is 6.62. The number of amides is 1. The van der Waals surface area contributed by atoms with Crippen LogP contribution in [0.25, 0.3) is 10.9 Å². The summed E-state index contributed by atoms with van der Waals surface area (Å²) in [5.74, 6) is -0.403. The van der Waals surface area contributed by atoms with Crippen molar-refractivity contribution in [2.45, 2.75) is 26.8 Å². The average Bonchev–Trinajstić information content (AvgIpc) is 2.73. The van der Waals surface area contributed by atoms with Gasteiger partial charge in [0.25, 0.3) is 0 Å². The maximum atomic E-state index is 11.9. The monoisotopic (exact) mass is 260 g/mol. The first kappa shape index (κ1) is 13.6. The predicted molar refractivity (Wildman–Crippen MR) is 75.7 cm³/mol. The highest BCUT2D eigenvalue weighted by atomic mass is 16.3. The molecule has 0 spiro atoms. The topological polar surface area (TPSA) is 65.1 Å². The van der Waals surface area contributed by atoms with Gasteiger partial charge >= 0.3 is 0 Å². The van der Waals surface area contributed by atoms with Gasteiger partial charge in [0.2, 0.25) is 5.91 Å². The van der Waals surface area contributed by atoms with E-state index in [0.717, 1.165) is 22.2 Å². The van der Waals surface area contributed by atoms with E-state index < -0.39 is 0 Å². The standard InChI is InChI=1S/C15H20N2O2/c1-3-11(9-18)15(19)16-8-13-10(2)17-14-7-5-4-6-12(13)14/h4-7,11,17-18H,3,8-9H2,1-2H3,(H,16,19). The molecule has 0 radical (unpaired) electrons. The van der Waals surface area contributed by atoms with Crippen molar-refractivity contribution in [2.24, 2.45) is 5.92 Å². The molecule has 4 heteroatoms. The summed E-state index contributed by atoms with van der Waals surface area (Å²) in [7, 11) is 0. The second-order valence-corrected chi connectivity index (χ2v) is 4.78. The molecule has 1 amide bonds. The Morgan fingerprint density at radius 3 is 2.84 bits per heavy atom. The van der Waals surface area contributed by atoms with Crippen LogP contribution in [0.15, 0.2) is 24.3 Å². The Hall–Kier alpha value is -1.81. The molecule has 0 bridgehead atoms. The number of hydrogen-bond donors (Lipinski definition) is 3. The number of para-hydroxylation sites is 1. The van der Waals surface area contributed by atoms with Crippen molar-refractivity contribution >= 4 is 16.8 Å². The van der Waals surface area contributed by atoms with Crippen LogP contribution in [-0.4, -0.2) is 22.6 Å². The summed E-state index contributed by atoms with van der Waals surface area (Å²) in [5.41, 5.74) is 3.26. The molecule has 0 fully saturated rings. The molecule has 102 valence electrons. The predicted octanol–water partition coefficient (Wildman–Crippen LogP) is 2.11. The maximum absolute atomic E-state index is 11.9. The van der Waals surface area contributed by atoms with E-state index in [1.807, 2.05) is 38.1 Å². The summed E-state index contributed by atoms with van der Waals surface area (Å²) >= 11 is 0. The minimum absolute atomic E-state index is 0.0883. The van der Waals surface area contributed by atoms with E-state index >= 15 is 0 Å². The number of aliphatic hydroxyl groups excluding tert-OH is 1. The molecule has 2 rings (SSSR count). The molecule has 0 aliphatic rings. The van der Waals surface area contributed by atoms with Crippen molar-refractivity contribution in [1.29, 1.82) is 0 Å². The Labute approximate surface area is 112 Å². The smallest absolute Gasteiger partial charge is 0.225 e. The van der Waals surface area contributed by atoms with Gasteiger partial charge in [0.05, 0.1) is 12.5 Å². The van der Waals surface area contributed by atoms with Gasteiger partial charge in [0.15, 0.2) is 0 Å². The van der Waals surface area contributed by atoms with E-state index in [-0.39, 0.29) is 18.4 Å². The van der Waals surface area contributed by atoms with Gasteiger partial charge in [-0.15, -0.1) is 0 Å². The van der Waals surface area contributed by atoms with Crippen LogP contribution in [0.4, 0.5) is 0 Å². The number of hydrogen-bond acceptors (Lipinski definition) is 2. The molecule has 19 heavy (non-hydrogen) atoms. The summed E-state index contributed by atoms with van der Waals surface area (Å²) in [6, 6.07) is 8.04. The molecule has 0 aliphatic heterocycles. The van der Waals surface area contributed by atoms with Crippen LogP contribution < -0.4 is 5.32 Å². The Kier molecular flexibility index (Phi) is 4.22. The van der Waals surface area contributed by atoms with E-state index in [0.29, 0.717) is 13.0 Å². The van der Waals surface area contributed by atoms with Gasteiger partial charge in [-0.05, 0) is 25.0 Å². The van der Waals surface area contributed by atoms with Crippen molar-refractivity contribution in [3.8, 4) is 0 Å². The summed E-state index contributed by atoms with van der Waals surface area (Å²) in [6.45, 7) is 4.29. The van der Waals surface area contributed by atoms with Crippen molar-refractivity contribution in [2.75, 3.05) is 6.61 Å². The van der Waals surface area contributed by atoms with Crippen LogP contribution in [0.5, 0.6) is 0 Å². The molecule has 2 aromatic rings. The molecular formula is C15H20N2O2. The Morgan fingerprint density at radius 1 is 1.42 bits per heavy atom. The van der Waals surface area contributed by atoms with E-state index in [2.05, 4.69) is 10.3 Å². The zero-order chi connectivity index (χ0) is 13.8. The number of fused-ring (bicyclic) bond motifs is 1. The fourth-order valence-corrected chi connectivity index (χ4v) is 2.28. The van der Waals surface area contributed by atoms with E-state index in [1.165, 1.54) is 0 Å². The summed E-state index contributed by atoms with van der Waals surface area (Å²) in [5, 5.41) is 13.2. The third kappa shape index (κ3) is 2.79. The normalized spacial score (nSPS) is 12.6. The van der Waals surface area contributed by atoms with Crippen molar-refractivity contribution in [1.82, 2.24) is 10.3 Å². The zero-order valence-corrected chi connectivity index (χ0v) is 11.4. The lowest BCUT2D eigenvalue weighted by atomic mass is 10.1. The van der Waals surface area contributed by atoms with Gasteiger partial charge in [-0.1, -0.05) is 25.1 Å². The van der Waals surface area contributed by atoms with Crippen LogP contribution in [0.3, 0.4) is 0 Å². The number of aromatic amines is 1.